The van der Waals surface area contributed by atoms with E-state index in [2.05, 4.69) is 58.2 Å². The molecule has 0 amide bonds. The summed E-state index contributed by atoms with van der Waals surface area (Å²) < 4.78 is 2.33. The number of aromatic nitrogens is 3. The SMILES string of the molecule is CCCCc1nc2c(N)nc3ccccc3c2n1Cc1ccc(CNC)cc1. The second kappa shape index (κ2) is 7.98. The Morgan fingerprint density at radius 1 is 1.00 bits per heavy atom. The number of nitrogen functional groups attached to an aromatic ring is 1. The number of para-hydroxylation sites is 1. The molecular formula is C23H27N5. The highest BCUT2D eigenvalue weighted by Gasteiger charge is 2.17. The summed E-state index contributed by atoms with van der Waals surface area (Å²) >= 11 is 0. The van der Waals surface area contributed by atoms with Crippen molar-refractivity contribution in [2.24, 2.45) is 0 Å². The zero-order chi connectivity index (χ0) is 19.5. The van der Waals surface area contributed by atoms with Crippen LogP contribution >= 0.6 is 0 Å². The van der Waals surface area contributed by atoms with Crippen LogP contribution in [0.15, 0.2) is 48.5 Å². The number of imidazole rings is 1. The summed E-state index contributed by atoms with van der Waals surface area (Å²) in [5.74, 6) is 1.59. The van der Waals surface area contributed by atoms with Gasteiger partial charge in [0.15, 0.2) is 5.82 Å². The van der Waals surface area contributed by atoms with Gasteiger partial charge in [0.05, 0.1) is 11.0 Å². The van der Waals surface area contributed by atoms with Crippen molar-refractivity contribution in [1.29, 1.82) is 0 Å². The van der Waals surface area contributed by atoms with Crippen LogP contribution in [0.3, 0.4) is 0 Å². The van der Waals surface area contributed by atoms with E-state index in [-0.39, 0.29) is 0 Å². The van der Waals surface area contributed by atoms with Crippen molar-refractivity contribution in [2.45, 2.75) is 39.3 Å². The molecule has 2 aromatic carbocycles. The van der Waals surface area contributed by atoms with Gasteiger partial charge in [-0.15, -0.1) is 0 Å². The van der Waals surface area contributed by atoms with Gasteiger partial charge in [-0.25, -0.2) is 9.97 Å². The van der Waals surface area contributed by atoms with E-state index in [1.165, 1.54) is 11.1 Å². The van der Waals surface area contributed by atoms with E-state index < -0.39 is 0 Å². The maximum absolute atomic E-state index is 6.29. The molecule has 0 aliphatic rings. The van der Waals surface area contributed by atoms with Gasteiger partial charge in [0.1, 0.15) is 11.3 Å². The van der Waals surface area contributed by atoms with Gasteiger partial charge in [-0.1, -0.05) is 55.8 Å². The molecule has 0 aliphatic carbocycles. The molecule has 5 nitrogen and oxygen atoms in total. The van der Waals surface area contributed by atoms with Crippen LogP contribution < -0.4 is 11.1 Å². The minimum atomic E-state index is 0.509. The predicted molar refractivity (Wildman–Crippen MR) is 116 cm³/mol. The molecule has 3 N–H and O–H groups in total. The van der Waals surface area contributed by atoms with Crippen molar-refractivity contribution >= 4 is 27.8 Å². The number of unbranched alkanes of at least 4 members (excludes halogenated alkanes) is 1. The highest BCUT2D eigenvalue weighted by Crippen LogP contribution is 2.30. The maximum Gasteiger partial charge on any atom is 0.152 e. The van der Waals surface area contributed by atoms with Crippen LogP contribution in [0.25, 0.3) is 21.9 Å². The molecule has 0 spiro atoms. The Morgan fingerprint density at radius 2 is 1.75 bits per heavy atom. The van der Waals surface area contributed by atoms with Gasteiger partial charge in [0.25, 0.3) is 0 Å². The first-order chi connectivity index (χ1) is 13.7. The number of nitrogens with zero attached hydrogens (tertiary/aromatic N) is 3. The third-order valence-electron chi connectivity index (χ3n) is 5.19. The zero-order valence-corrected chi connectivity index (χ0v) is 16.6. The summed E-state index contributed by atoms with van der Waals surface area (Å²) in [6, 6.07) is 17.0. The summed E-state index contributed by atoms with van der Waals surface area (Å²) in [6.07, 6.45) is 3.18. The Balaban J connectivity index is 1.86. The van der Waals surface area contributed by atoms with Crippen molar-refractivity contribution in [1.82, 2.24) is 19.9 Å². The molecule has 0 saturated carbocycles. The van der Waals surface area contributed by atoms with Crippen LogP contribution in [0.1, 0.15) is 36.7 Å². The number of fused-ring (bicyclic) bond motifs is 3. The second-order valence-corrected chi connectivity index (χ2v) is 7.28. The monoisotopic (exact) mass is 373 g/mol. The summed E-state index contributed by atoms with van der Waals surface area (Å²) in [4.78, 5) is 9.48. The van der Waals surface area contributed by atoms with Gasteiger partial charge in [0.2, 0.25) is 0 Å². The lowest BCUT2D eigenvalue weighted by Gasteiger charge is -2.12. The molecule has 0 bridgehead atoms. The number of pyridine rings is 1. The first kappa shape index (κ1) is 18.4. The molecule has 144 valence electrons. The normalized spacial score (nSPS) is 11.5. The molecule has 4 rings (SSSR count). The number of anilines is 1. The van der Waals surface area contributed by atoms with E-state index >= 15 is 0 Å². The fraction of sp³-hybridized carbons (Fsp3) is 0.304. The van der Waals surface area contributed by atoms with E-state index in [0.29, 0.717) is 5.82 Å². The number of nitrogens with one attached hydrogen (secondary N) is 1. The van der Waals surface area contributed by atoms with Crippen LogP contribution in [0, 0.1) is 0 Å². The maximum atomic E-state index is 6.29. The van der Waals surface area contributed by atoms with Crippen LogP contribution in [0.4, 0.5) is 5.82 Å². The van der Waals surface area contributed by atoms with Crippen LogP contribution in [-0.4, -0.2) is 21.6 Å². The number of benzene rings is 2. The molecule has 2 aromatic heterocycles. The van der Waals surface area contributed by atoms with Crippen molar-refractivity contribution in [3.8, 4) is 0 Å². The fourth-order valence-electron chi connectivity index (χ4n) is 3.75. The summed E-state index contributed by atoms with van der Waals surface area (Å²) in [7, 11) is 1.97. The van der Waals surface area contributed by atoms with Gasteiger partial charge < -0.3 is 15.6 Å². The standard InChI is InChI=1S/C23H27N5/c1-3-4-9-20-27-21-22(18-7-5-6-8-19(18)26-23(21)24)28(20)15-17-12-10-16(11-13-17)14-25-2/h5-8,10-13,25H,3-4,9,14-15H2,1-2H3,(H2,24,26). The van der Waals surface area contributed by atoms with E-state index in [1.54, 1.807) is 0 Å². The van der Waals surface area contributed by atoms with Gasteiger partial charge in [-0.2, -0.15) is 0 Å². The quantitative estimate of drug-likeness (QED) is 0.507. The average molecular weight is 374 g/mol. The minimum Gasteiger partial charge on any atom is -0.382 e. The molecule has 28 heavy (non-hydrogen) atoms. The summed E-state index contributed by atoms with van der Waals surface area (Å²) in [5.41, 5.74) is 11.7. The lowest BCUT2D eigenvalue weighted by atomic mass is 10.1. The third-order valence-corrected chi connectivity index (χ3v) is 5.19. The molecule has 0 fully saturated rings. The van der Waals surface area contributed by atoms with E-state index in [1.807, 2.05) is 19.2 Å². The third kappa shape index (κ3) is 3.45. The summed E-state index contributed by atoms with van der Waals surface area (Å²) in [5, 5.41) is 4.30. The average Bonchev–Trinajstić information content (AvgIpc) is 3.07. The first-order valence-electron chi connectivity index (χ1n) is 9.97. The zero-order valence-electron chi connectivity index (χ0n) is 16.6. The highest BCUT2D eigenvalue weighted by atomic mass is 15.1. The smallest absolute Gasteiger partial charge is 0.152 e. The molecule has 0 aliphatic heterocycles. The molecule has 2 heterocycles. The van der Waals surface area contributed by atoms with E-state index in [9.17, 15) is 0 Å². The van der Waals surface area contributed by atoms with Crippen LogP contribution in [-0.2, 0) is 19.5 Å². The van der Waals surface area contributed by atoms with Gasteiger partial charge in [0, 0.05) is 24.9 Å². The molecule has 0 atom stereocenters. The molecule has 0 radical (unpaired) electrons. The first-order valence-corrected chi connectivity index (χ1v) is 9.97. The second-order valence-electron chi connectivity index (χ2n) is 7.28. The van der Waals surface area contributed by atoms with E-state index in [0.717, 1.165) is 60.1 Å². The molecule has 5 heteroatoms. The number of aryl methyl sites for hydroxylation is 1. The molecule has 0 saturated heterocycles. The molecule has 4 aromatic rings. The largest absolute Gasteiger partial charge is 0.382 e. The lowest BCUT2D eigenvalue weighted by Crippen LogP contribution is -2.07. The van der Waals surface area contributed by atoms with Crippen molar-refractivity contribution < 1.29 is 0 Å². The van der Waals surface area contributed by atoms with Crippen LogP contribution in [0.2, 0.25) is 0 Å². The number of hydrogen-bond acceptors (Lipinski definition) is 4. The molecular weight excluding hydrogens is 346 g/mol. The van der Waals surface area contributed by atoms with Gasteiger partial charge in [-0.05, 0) is 30.7 Å². The number of hydrogen-bond donors (Lipinski definition) is 2. The highest BCUT2D eigenvalue weighted by molar-refractivity contribution is 6.06. The van der Waals surface area contributed by atoms with E-state index in [4.69, 9.17) is 10.7 Å². The van der Waals surface area contributed by atoms with Crippen molar-refractivity contribution in [3.63, 3.8) is 0 Å². The lowest BCUT2D eigenvalue weighted by molar-refractivity contribution is 0.690. The van der Waals surface area contributed by atoms with Gasteiger partial charge in [-0.3, -0.25) is 0 Å². The van der Waals surface area contributed by atoms with Crippen LogP contribution in [0.5, 0.6) is 0 Å². The Hall–Kier alpha value is -2.92. The Labute approximate surface area is 165 Å². The summed E-state index contributed by atoms with van der Waals surface area (Å²) in [6.45, 7) is 3.87. The minimum absolute atomic E-state index is 0.509. The number of nitrogens with two attached hydrogens (primary N) is 1. The van der Waals surface area contributed by atoms with Crippen molar-refractivity contribution in [2.75, 3.05) is 12.8 Å². The van der Waals surface area contributed by atoms with Gasteiger partial charge >= 0.3 is 0 Å². The predicted octanol–water partition coefficient (Wildman–Crippen LogP) is 4.28. The molecule has 0 unspecified atom stereocenters. The number of rotatable bonds is 7. The Kier molecular flexibility index (Phi) is 5.26. The Bertz CT molecular complexity index is 1100. The fourth-order valence-corrected chi connectivity index (χ4v) is 3.75. The topological polar surface area (TPSA) is 68.8 Å². The Morgan fingerprint density at radius 3 is 2.50 bits per heavy atom. The van der Waals surface area contributed by atoms with Crippen molar-refractivity contribution in [3.05, 3.63) is 65.5 Å².